The predicted molar refractivity (Wildman–Crippen MR) is 76.0 cm³/mol. The zero-order valence-corrected chi connectivity index (χ0v) is 12.0. The van der Waals surface area contributed by atoms with E-state index in [4.69, 9.17) is 0 Å². The van der Waals surface area contributed by atoms with Crippen molar-refractivity contribution in [1.82, 2.24) is 0 Å². The molecule has 0 bridgehead atoms. The first kappa shape index (κ1) is 13.5. The van der Waals surface area contributed by atoms with Crippen LogP contribution in [0.15, 0.2) is 53.0 Å². The van der Waals surface area contributed by atoms with Gasteiger partial charge in [-0.25, -0.2) is 0 Å². The molecule has 2 rings (SSSR count). The summed E-state index contributed by atoms with van der Waals surface area (Å²) in [5.74, 6) is 0.0819. The fourth-order valence-corrected chi connectivity index (χ4v) is 2.46. The molecular weight excluding hydrogens is 312 g/mol. The first-order chi connectivity index (χ1) is 8.63. The van der Waals surface area contributed by atoms with Gasteiger partial charge in [-0.15, -0.1) is 0 Å². The Morgan fingerprint density at radius 3 is 1.83 bits per heavy atom. The van der Waals surface area contributed by atoms with Crippen LogP contribution < -0.4 is 0 Å². The van der Waals surface area contributed by atoms with Gasteiger partial charge in [0, 0.05) is 10.2 Å². The van der Waals surface area contributed by atoms with Crippen LogP contribution in [-0.4, -0.2) is 8.76 Å². The maximum atomic E-state index is 10.6. The Labute approximate surface area is 117 Å². The van der Waals surface area contributed by atoms with Gasteiger partial charge in [0.1, 0.15) is 0 Å². The standard InChI is InChI=1S/C14H13BrO2S/c15-14-7-5-12(6-8-14)9-11-1-3-13(4-2-11)10-18(16)17/h1-8H,9-10H2,(H,16,17)/p-1. The Hall–Kier alpha value is -0.970. The molecule has 18 heavy (non-hydrogen) atoms. The SMILES string of the molecule is O=S([O-])Cc1ccc(Cc2ccc(Br)cc2)cc1. The van der Waals surface area contributed by atoms with Crippen molar-refractivity contribution >= 4 is 27.0 Å². The minimum Gasteiger partial charge on any atom is -0.772 e. The lowest BCUT2D eigenvalue weighted by atomic mass is 10.0. The van der Waals surface area contributed by atoms with Gasteiger partial charge >= 0.3 is 0 Å². The van der Waals surface area contributed by atoms with E-state index < -0.39 is 11.1 Å². The van der Waals surface area contributed by atoms with Crippen LogP contribution in [0.3, 0.4) is 0 Å². The summed E-state index contributed by atoms with van der Waals surface area (Å²) in [6, 6.07) is 15.9. The van der Waals surface area contributed by atoms with Crippen LogP contribution in [-0.2, 0) is 23.3 Å². The zero-order chi connectivity index (χ0) is 13.0. The normalized spacial score (nSPS) is 12.3. The van der Waals surface area contributed by atoms with Gasteiger partial charge in [-0.1, -0.05) is 63.4 Å². The Bertz CT molecular complexity index is 535. The van der Waals surface area contributed by atoms with Crippen molar-refractivity contribution in [3.63, 3.8) is 0 Å². The number of hydrogen-bond donors (Lipinski definition) is 0. The summed E-state index contributed by atoms with van der Waals surface area (Å²) in [4.78, 5) is 0. The molecule has 0 radical (unpaired) electrons. The second kappa shape index (κ2) is 6.27. The molecule has 0 aliphatic carbocycles. The van der Waals surface area contributed by atoms with Crippen LogP contribution in [0, 0.1) is 0 Å². The van der Waals surface area contributed by atoms with Crippen molar-refractivity contribution < 1.29 is 8.76 Å². The van der Waals surface area contributed by atoms with Crippen LogP contribution in [0.4, 0.5) is 0 Å². The minimum absolute atomic E-state index is 0.0819. The molecule has 1 atom stereocenters. The molecule has 0 saturated carbocycles. The minimum atomic E-state index is -2.02. The van der Waals surface area contributed by atoms with Crippen molar-refractivity contribution in [3.8, 4) is 0 Å². The van der Waals surface area contributed by atoms with Crippen molar-refractivity contribution in [2.24, 2.45) is 0 Å². The van der Waals surface area contributed by atoms with E-state index >= 15 is 0 Å². The number of hydrogen-bond acceptors (Lipinski definition) is 2. The van der Waals surface area contributed by atoms with Crippen LogP contribution in [0.2, 0.25) is 0 Å². The lowest BCUT2D eigenvalue weighted by Crippen LogP contribution is -1.94. The monoisotopic (exact) mass is 323 g/mol. The lowest BCUT2D eigenvalue weighted by Gasteiger charge is -2.06. The Morgan fingerprint density at radius 1 is 0.889 bits per heavy atom. The van der Waals surface area contributed by atoms with Gasteiger partial charge in [0.2, 0.25) is 0 Å². The second-order valence-electron chi connectivity index (χ2n) is 4.07. The molecule has 0 fully saturated rings. The fraction of sp³-hybridized carbons (Fsp3) is 0.143. The van der Waals surface area contributed by atoms with Crippen LogP contribution in [0.1, 0.15) is 16.7 Å². The van der Waals surface area contributed by atoms with E-state index in [0.717, 1.165) is 16.5 Å². The van der Waals surface area contributed by atoms with Gasteiger partial charge in [-0.2, -0.15) is 0 Å². The number of benzene rings is 2. The second-order valence-corrected chi connectivity index (χ2v) is 5.88. The highest BCUT2D eigenvalue weighted by Crippen LogP contribution is 2.15. The van der Waals surface area contributed by atoms with Gasteiger partial charge in [0.05, 0.1) is 0 Å². The van der Waals surface area contributed by atoms with Crippen molar-refractivity contribution in [1.29, 1.82) is 0 Å². The highest BCUT2D eigenvalue weighted by atomic mass is 79.9. The summed E-state index contributed by atoms with van der Waals surface area (Å²) in [5, 5.41) is 0. The molecule has 0 saturated heterocycles. The number of halogens is 1. The molecule has 0 aliphatic rings. The molecule has 0 aliphatic heterocycles. The fourth-order valence-electron chi connectivity index (χ4n) is 1.73. The molecule has 1 unspecified atom stereocenters. The van der Waals surface area contributed by atoms with Gasteiger partial charge in [-0.05, 0) is 35.2 Å². The van der Waals surface area contributed by atoms with E-state index in [1.54, 1.807) is 0 Å². The average molecular weight is 324 g/mol. The molecule has 4 heteroatoms. The Kier molecular flexibility index (Phi) is 4.69. The average Bonchev–Trinajstić information content (AvgIpc) is 2.34. The molecule has 2 nitrogen and oxygen atoms in total. The van der Waals surface area contributed by atoms with Crippen molar-refractivity contribution in [3.05, 3.63) is 69.7 Å². The summed E-state index contributed by atoms with van der Waals surface area (Å²) in [5.41, 5.74) is 3.24. The molecular formula is C14H12BrO2S-. The molecule has 94 valence electrons. The summed E-state index contributed by atoms with van der Waals surface area (Å²) in [6.07, 6.45) is 0.855. The lowest BCUT2D eigenvalue weighted by molar-refractivity contribution is 0.536. The third-order valence-corrected chi connectivity index (χ3v) is 3.73. The smallest absolute Gasteiger partial charge is 0.0353 e. The van der Waals surface area contributed by atoms with Gasteiger partial charge in [-0.3, -0.25) is 4.21 Å². The summed E-state index contributed by atoms with van der Waals surface area (Å²) >= 11 is 1.39. The van der Waals surface area contributed by atoms with E-state index in [9.17, 15) is 8.76 Å². The third kappa shape index (κ3) is 4.05. The Morgan fingerprint density at radius 2 is 1.33 bits per heavy atom. The summed E-state index contributed by atoms with van der Waals surface area (Å²) in [6.45, 7) is 0. The number of rotatable bonds is 4. The molecule has 0 N–H and O–H groups in total. The largest absolute Gasteiger partial charge is 0.772 e. The molecule has 2 aromatic carbocycles. The van der Waals surface area contributed by atoms with E-state index in [-0.39, 0.29) is 5.75 Å². The maximum absolute atomic E-state index is 10.6. The quantitative estimate of drug-likeness (QED) is 0.809. The van der Waals surface area contributed by atoms with Gasteiger partial charge in [0.25, 0.3) is 0 Å². The first-order valence-corrected chi connectivity index (χ1v) is 7.55. The zero-order valence-electron chi connectivity index (χ0n) is 9.64. The summed E-state index contributed by atoms with van der Waals surface area (Å²) in [7, 11) is 0. The van der Waals surface area contributed by atoms with Crippen LogP contribution >= 0.6 is 15.9 Å². The first-order valence-electron chi connectivity index (χ1n) is 5.51. The van der Waals surface area contributed by atoms with Crippen molar-refractivity contribution in [2.75, 3.05) is 0 Å². The molecule has 2 aromatic rings. The van der Waals surface area contributed by atoms with Crippen LogP contribution in [0.25, 0.3) is 0 Å². The molecule has 0 amide bonds. The highest BCUT2D eigenvalue weighted by molar-refractivity contribution is 9.10. The van der Waals surface area contributed by atoms with E-state index in [0.29, 0.717) is 0 Å². The van der Waals surface area contributed by atoms with E-state index in [1.807, 2.05) is 36.4 Å². The molecule has 0 aromatic heterocycles. The topological polar surface area (TPSA) is 40.1 Å². The van der Waals surface area contributed by atoms with Crippen molar-refractivity contribution in [2.45, 2.75) is 12.2 Å². The van der Waals surface area contributed by atoms with Gasteiger partial charge in [0.15, 0.2) is 0 Å². The maximum Gasteiger partial charge on any atom is 0.0353 e. The van der Waals surface area contributed by atoms with E-state index in [1.165, 1.54) is 11.1 Å². The highest BCUT2D eigenvalue weighted by Gasteiger charge is 1.98. The van der Waals surface area contributed by atoms with E-state index in [2.05, 4.69) is 28.1 Å². The summed E-state index contributed by atoms with van der Waals surface area (Å²) < 4.78 is 22.2. The molecule has 0 heterocycles. The third-order valence-electron chi connectivity index (χ3n) is 2.63. The van der Waals surface area contributed by atoms with Gasteiger partial charge < -0.3 is 4.55 Å². The predicted octanol–water partition coefficient (Wildman–Crippen LogP) is 3.42. The van der Waals surface area contributed by atoms with Crippen LogP contribution in [0.5, 0.6) is 0 Å². The molecule has 0 spiro atoms. The Balaban J connectivity index is 2.06.